The van der Waals surface area contributed by atoms with E-state index in [4.69, 9.17) is 9.76 Å². The van der Waals surface area contributed by atoms with Crippen molar-refractivity contribution in [3.8, 4) is 0 Å². The normalized spacial score (nSPS) is 25.5. The van der Waals surface area contributed by atoms with E-state index in [0.717, 1.165) is 0 Å². The highest BCUT2D eigenvalue weighted by Gasteiger charge is 2.54. The van der Waals surface area contributed by atoms with E-state index in [1.807, 2.05) is 0 Å². The predicted molar refractivity (Wildman–Crippen MR) is 54.5 cm³/mol. The first-order valence-electron chi connectivity index (χ1n) is 4.43. The molecule has 10 heteroatoms. The first-order valence-corrected chi connectivity index (χ1v) is 5.83. The van der Waals surface area contributed by atoms with Crippen LogP contribution < -0.4 is 5.32 Å². The Bertz CT molecular complexity index is 498. The van der Waals surface area contributed by atoms with Crippen LogP contribution in [-0.2, 0) is 19.9 Å². The van der Waals surface area contributed by atoms with E-state index in [1.165, 1.54) is 13.8 Å². The molecule has 0 spiro atoms. The number of carbonyl (C=O) groups excluding carboxylic acids is 2. The molecule has 0 aromatic rings. The Hall–Kier alpha value is -1.68. The number of carbonyl (C=O) groups is 2. The molecule has 1 rings (SSSR count). The highest BCUT2D eigenvalue weighted by Crippen LogP contribution is 2.31. The molecule has 1 aliphatic rings. The lowest BCUT2D eigenvalue weighted by atomic mass is 9.99. The average molecular weight is 265 g/mol. The van der Waals surface area contributed by atoms with Crippen LogP contribution in [0.4, 0.5) is 0 Å². The Morgan fingerprint density at radius 2 is 2.12 bits per heavy atom. The van der Waals surface area contributed by atoms with Crippen molar-refractivity contribution < 1.29 is 27.8 Å². The molecular formula is C7H11N3O6S. The van der Waals surface area contributed by atoms with Gasteiger partial charge in [-0.2, -0.15) is 12.7 Å². The van der Waals surface area contributed by atoms with Crippen molar-refractivity contribution in [2.75, 3.05) is 0 Å². The lowest BCUT2D eigenvalue weighted by molar-refractivity contribution is -0.148. The minimum Gasteiger partial charge on any atom is -0.410 e. The van der Waals surface area contributed by atoms with E-state index >= 15 is 0 Å². The molecule has 0 bridgehead atoms. The van der Waals surface area contributed by atoms with Crippen molar-refractivity contribution in [3.63, 3.8) is 0 Å². The van der Waals surface area contributed by atoms with E-state index in [1.54, 1.807) is 0 Å². The number of hydrogen-bond donors (Lipinski definition) is 3. The summed E-state index contributed by atoms with van der Waals surface area (Å²) in [4.78, 5) is 22.4. The van der Waals surface area contributed by atoms with Gasteiger partial charge in [-0.15, -0.1) is 0 Å². The van der Waals surface area contributed by atoms with Crippen molar-refractivity contribution in [1.82, 2.24) is 9.62 Å². The summed E-state index contributed by atoms with van der Waals surface area (Å²) in [5.74, 6) is -1.69. The number of hydrogen-bond acceptors (Lipinski definition) is 6. The molecule has 3 N–H and O–H groups in total. The van der Waals surface area contributed by atoms with Gasteiger partial charge in [0.05, 0.1) is 6.42 Å². The van der Waals surface area contributed by atoms with Crippen LogP contribution in [0, 0.1) is 0 Å². The molecule has 0 radical (unpaired) electrons. The topological polar surface area (TPSA) is 136 Å². The number of rotatable bonds is 3. The second kappa shape index (κ2) is 3.96. The van der Waals surface area contributed by atoms with E-state index in [0.29, 0.717) is 0 Å². The first-order chi connectivity index (χ1) is 7.62. The van der Waals surface area contributed by atoms with Crippen molar-refractivity contribution in [3.05, 3.63) is 0 Å². The third-order valence-corrected chi connectivity index (χ3v) is 3.33. The second-order valence-electron chi connectivity index (χ2n) is 3.73. The van der Waals surface area contributed by atoms with Gasteiger partial charge >= 0.3 is 10.3 Å². The molecule has 1 fully saturated rings. The van der Waals surface area contributed by atoms with Gasteiger partial charge in [0.2, 0.25) is 5.91 Å². The fourth-order valence-electron chi connectivity index (χ4n) is 1.48. The molecular weight excluding hydrogens is 254 g/mol. The SMILES string of the molecule is C/C(=N\O)C(=O)N[C@@]1(C)CC(=O)N1S(=O)(=O)O. The molecule has 0 aromatic heterocycles. The number of nitrogens with one attached hydrogen (secondary N) is 1. The summed E-state index contributed by atoms with van der Waals surface area (Å²) in [5.41, 5.74) is -1.85. The fourth-order valence-corrected chi connectivity index (χ4v) is 2.42. The minimum atomic E-state index is -4.73. The van der Waals surface area contributed by atoms with Gasteiger partial charge in [0.15, 0.2) is 0 Å². The summed E-state index contributed by atoms with van der Waals surface area (Å²) >= 11 is 0. The van der Waals surface area contributed by atoms with Crippen LogP contribution in [0.3, 0.4) is 0 Å². The van der Waals surface area contributed by atoms with Crippen molar-refractivity contribution in [2.45, 2.75) is 25.9 Å². The zero-order valence-electron chi connectivity index (χ0n) is 9.04. The quantitative estimate of drug-likeness (QED) is 0.191. The molecule has 96 valence electrons. The molecule has 9 nitrogen and oxygen atoms in total. The summed E-state index contributed by atoms with van der Waals surface area (Å²) in [7, 11) is -4.73. The zero-order valence-corrected chi connectivity index (χ0v) is 9.85. The lowest BCUT2D eigenvalue weighted by Crippen LogP contribution is -2.72. The maximum absolute atomic E-state index is 11.3. The number of amides is 2. The van der Waals surface area contributed by atoms with Crippen LogP contribution in [0.2, 0.25) is 0 Å². The maximum Gasteiger partial charge on any atom is 0.364 e. The van der Waals surface area contributed by atoms with Crippen molar-refractivity contribution >= 4 is 27.8 Å². The summed E-state index contributed by atoms with van der Waals surface area (Å²) in [6.07, 6.45) is -0.281. The molecule has 0 saturated carbocycles. The summed E-state index contributed by atoms with van der Waals surface area (Å²) in [6.45, 7) is 2.43. The minimum absolute atomic E-state index is 0.155. The molecule has 17 heavy (non-hydrogen) atoms. The molecule has 2 amide bonds. The fraction of sp³-hybridized carbons (Fsp3) is 0.571. The van der Waals surface area contributed by atoms with Crippen LogP contribution >= 0.6 is 0 Å². The van der Waals surface area contributed by atoms with Crippen LogP contribution in [0.25, 0.3) is 0 Å². The van der Waals surface area contributed by atoms with Gasteiger partial charge < -0.3 is 10.5 Å². The van der Waals surface area contributed by atoms with E-state index in [2.05, 4.69) is 10.5 Å². The summed E-state index contributed by atoms with van der Waals surface area (Å²) in [6, 6.07) is 0. The van der Waals surface area contributed by atoms with Crippen LogP contribution in [0.1, 0.15) is 20.3 Å². The Balaban J connectivity index is 2.92. The highest BCUT2D eigenvalue weighted by molar-refractivity contribution is 7.84. The molecule has 0 unspecified atom stereocenters. The highest BCUT2D eigenvalue weighted by atomic mass is 32.2. The summed E-state index contributed by atoms with van der Waals surface area (Å²) in [5, 5.41) is 13.1. The van der Waals surface area contributed by atoms with E-state index in [-0.39, 0.29) is 16.4 Å². The van der Waals surface area contributed by atoms with Gasteiger partial charge in [0, 0.05) is 0 Å². The van der Waals surface area contributed by atoms with Crippen LogP contribution in [0.15, 0.2) is 5.16 Å². The van der Waals surface area contributed by atoms with Gasteiger partial charge in [-0.3, -0.25) is 14.1 Å². The Morgan fingerprint density at radius 3 is 2.47 bits per heavy atom. The lowest BCUT2D eigenvalue weighted by Gasteiger charge is -2.46. The molecule has 1 aliphatic heterocycles. The van der Waals surface area contributed by atoms with E-state index in [9.17, 15) is 18.0 Å². The Morgan fingerprint density at radius 1 is 1.59 bits per heavy atom. The maximum atomic E-state index is 11.3. The molecule has 1 heterocycles. The van der Waals surface area contributed by atoms with Crippen molar-refractivity contribution in [2.24, 2.45) is 5.16 Å². The molecule has 1 saturated heterocycles. The standard InChI is InChI=1S/C7H11N3O6S/c1-4(9-13)6(12)8-7(2)3-5(11)10(7)17(14,15)16/h13H,3H2,1-2H3,(H,8,12)(H,14,15,16)/b9-4+/t7-/m1/s1. The Kier molecular flexibility index (Phi) is 3.12. The van der Waals surface area contributed by atoms with Gasteiger partial charge in [0.25, 0.3) is 5.91 Å². The van der Waals surface area contributed by atoms with E-state index < -0.39 is 27.8 Å². The summed E-state index contributed by atoms with van der Waals surface area (Å²) < 4.78 is 30.7. The third-order valence-electron chi connectivity index (χ3n) is 2.26. The predicted octanol–water partition coefficient (Wildman–Crippen LogP) is -1.30. The first kappa shape index (κ1) is 13.4. The molecule has 1 atom stereocenters. The van der Waals surface area contributed by atoms with Gasteiger partial charge in [0.1, 0.15) is 11.4 Å². The second-order valence-corrected chi connectivity index (χ2v) is 4.99. The molecule has 0 aromatic carbocycles. The number of β-lactam (4-membered cyclic amide) rings is 1. The average Bonchev–Trinajstić information content (AvgIpc) is 2.12. The van der Waals surface area contributed by atoms with Crippen LogP contribution in [-0.4, -0.2) is 45.7 Å². The van der Waals surface area contributed by atoms with Gasteiger partial charge in [-0.25, -0.2) is 0 Å². The third kappa shape index (κ3) is 2.36. The number of oxime groups is 1. The van der Waals surface area contributed by atoms with Crippen molar-refractivity contribution in [1.29, 1.82) is 0 Å². The smallest absolute Gasteiger partial charge is 0.364 e. The van der Waals surface area contributed by atoms with Gasteiger partial charge in [-0.05, 0) is 13.8 Å². The molecule has 0 aliphatic carbocycles. The van der Waals surface area contributed by atoms with Crippen LogP contribution in [0.5, 0.6) is 0 Å². The zero-order chi connectivity index (χ0) is 13.4. The number of nitrogens with zero attached hydrogens (tertiary/aromatic N) is 2. The van der Waals surface area contributed by atoms with Gasteiger partial charge in [-0.1, -0.05) is 5.16 Å². The monoisotopic (exact) mass is 265 g/mol. The largest absolute Gasteiger partial charge is 0.410 e. The Labute approximate surface area is 97.0 Å².